The second-order valence-electron chi connectivity index (χ2n) is 6.34. The zero-order valence-electron chi connectivity index (χ0n) is 12.1. The number of piperidine rings is 1. The van der Waals surface area contributed by atoms with Gasteiger partial charge in [0.2, 0.25) is 0 Å². The van der Waals surface area contributed by atoms with Gasteiger partial charge in [0.05, 0.1) is 17.5 Å². The van der Waals surface area contributed by atoms with E-state index in [0.29, 0.717) is 18.4 Å². The third kappa shape index (κ3) is 3.04. The highest BCUT2D eigenvalue weighted by molar-refractivity contribution is 5.48. The SMILES string of the molecule is CN(CC1(O)CCCN(c2ccc(N)nc2)C1)C1CC1. The van der Waals surface area contributed by atoms with Crippen LogP contribution in [0.15, 0.2) is 18.3 Å². The standard InChI is InChI=1S/C15H24N4O/c1-18(12-3-4-12)10-15(20)7-2-8-19(11-15)13-5-6-14(16)17-9-13/h5-6,9,12,20H,2-4,7-8,10-11H2,1H3,(H2,16,17). The summed E-state index contributed by atoms with van der Waals surface area (Å²) in [5.74, 6) is 0.537. The van der Waals surface area contributed by atoms with Crippen molar-refractivity contribution in [3.8, 4) is 0 Å². The summed E-state index contributed by atoms with van der Waals surface area (Å²) in [5, 5.41) is 10.9. The van der Waals surface area contributed by atoms with E-state index in [1.807, 2.05) is 12.1 Å². The Bertz CT molecular complexity index is 459. The lowest BCUT2D eigenvalue weighted by Crippen LogP contribution is -2.54. The first kappa shape index (κ1) is 13.6. The first-order valence-electron chi connectivity index (χ1n) is 7.45. The summed E-state index contributed by atoms with van der Waals surface area (Å²) in [5.41, 5.74) is 6.06. The van der Waals surface area contributed by atoms with Crippen molar-refractivity contribution in [2.24, 2.45) is 0 Å². The molecule has 1 aromatic heterocycles. The molecule has 2 aliphatic rings. The summed E-state index contributed by atoms with van der Waals surface area (Å²) >= 11 is 0. The highest BCUT2D eigenvalue weighted by Gasteiger charge is 2.37. The first-order chi connectivity index (χ1) is 9.56. The lowest BCUT2D eigenvalue weighted by Gasteiger charge is -2.42. The van der Waals surface area contributed by atoms with E-state index in [9.17, 15) is 5.11 Å². The summed E-state index contributed by atoms with van der Waals surface area (Å²) < 4.78 is 0. The van der Waals surface area contributed by atoms with Crippen LogP contribution < -0.4 is 10.6 Å². The summed E-state index contributed by atoms with van der Waals surface area (Å²) in [7, 11) is 2.12. The van der Waals surface area contributed by atoms with Gasteiger partial charge in [-0.2, -0.15) is 0 Å². The fourth-order valence-corrected chi connectivity index (χ4v) is 3.16. The van der Waals surface area contributed by atoms with E-state index in [1.54, 1.807) is 6.20 Å². The number of aromatic nitrogens is 1. The van der Waals surface area contributed by atoms with Gasteiger partial charge in [-0.1, -0.05) is 0 Å². The van der Waals surface area contributed by atoms with Gasteiger partial charge in [-0.15, -0.1) is 0 Å². The summed E-state index contributed by atoms with van der Waals surface area (Å²) in [6.07, 6.45) is 6.24. The minimum Gasteiger partial charge on any atom is -0.387 e. The van der Waals surface area contributed by atoms with Crippen molar-refractivity contribution >= 4 is 11.5 Å². The molecule has 0 bridgehead atoms. The topological polar surface area (TPSA) is 65.6 Å². The Labute approximate surface area is 120 Å². The molecule has 1 unspecified atom stereocenters. The summed E-state index contributed by atoms with van der Waals surface area (Å²) in [6.45, 7) is 2.41. The Kier molecular flexibility index (Phi) is 3.56. The number of likely N-dealkylation sites (N-methyl/N-ethyl adjacent to an activating group) is 1. The maximum absolute atomic E-state index is 10.9. The smallest absolute Gasteiger partial charge is 0.123 e. The Morgan fingerprint density at radius 2 is 2.30 bits per heavy atom. The van der Waals surface area contributed by atoms with Crippen LogP contribution in [0.3, 0.4) is 0 Å². The van der Waals surface area contributed by atoms with Crippen molar-refractivity contribution in [1.82, 2.24) is 9.88 Å². The molecular formula is C15H24N4O. The maximum Gasteiger partial charge on any atom is 0.123 e. The van der Waals surface area contributed by atoms with Gasteiger partial charge in [-0.3, -0.25) is 0 Å². The number of anilines is 2. The molecule has 3 N–H and O–H groups in total. The number of hydrogen-bond acceptors (Lipinski definition) is 5. The van der Waals surface area contributed by atoms with Gasteiger partial charge in [-0.25, -0.2) is 4.98 Å². The fourth-order valence-electron chi connectivity index (χ4n) is 3.16. The Morgan fingerprint density at radius 3 is 2.95 bits per heavy atom. The number of aliphatic hydroxyl groups is 1. The van der Waals surface area contributed by atoms with E-state index >= 15 is 0 Å². The van der Waals surface area contributed by atoms with Gasteiger partial charge in [-0.05, 0) is 44.9 Å². The zero-order valence-corrected chi connectivity index (χ0v) is 12.1. The van der Waals surface area contributed by atoms with Crippen LogP contribution in [-0.2, 0) is 0 Å². The van der Waals surface area contributed by atoms with Crippen LogP contribution in [0, 0.1) is 0 Å². The quantitative estimate of drug-likeness (QED) is 0.862. The van der Waals surface area contributed by atoms with Gasteiger partial charge < -0.3 is 20.6 Å². The average Bonchev–Trinajstić information content (AvgIpc) is 3.23. The second-order valence-corrected chi connectivity index (χ2v) is 6.34. The lowest BCUT2D eigenvalue weighted by molar-refractivity contribution is -0.00343. The highest BCUT2D eigenvalue weighted by Crippen LogP contribution is 2.31. The van der Waals surface area contributed by atoms with Crippen molar-refractivity contribution < 1.29 is 5.11 Å². The van der Waals surface area contributed by atoms with Crippen molar-refractivity contribution in [1.29, 1.82) is 0 Å². The average molecular weight is 276 g/mol. The third-order valence-corrected chi connectivity index (χ3v) is 4.41. The monoisotopic (exact) mass is 276 g/mol. The van der Waals surface area contributed by atoms with E-state index in [1.165, 1.54) is 12.8 Å². The van der Waals surface area contributed by atoms with Gasteiger partial charge in [0.25, 0.3) is 0 Å². The minimum atomic E-state index is -0.614. The van der Waals surface area contributed by atoms with Crippen molar-refractivity contribution in [3.05, 3.63) is 18.3 Å². The Morgan fingerprint density at radius 1 is 1.50 bits per heavy atom. The molecule has 1 aromatic rings. The van der Waals surface area contributed by atoms with Crippen LogP contribution in [0.5, 0.6) is 0 Å². The molecular weight excluding hydrogens is 252 g/mol. The number of nitrogens with two attached hydrogens (primary N) is 1. The predicted molar refractivity (Wildman–Crippen MR) is 80.7 cm³/mol. The molecule has 1 aliphatic carbocycles. The van der Waals surface area contributed by atoms with E-state index in [4.69, 9.17) is 5.73 Å². The number of nitrogens with zero attached hydrogens (tertiary/aromatic N) is 3. The second kappa shape index (κ2) is 5.22. The van der Waals surface area contributed by atoms with Crippen LogP contribution in [0.2, 0.25) is 0 Å². The molecule has 1 saturated carbocycles. The zero-order chi connectivity index (χ0) is 14.2. The molecule has 5 heteroatoms. The van der Waals surface area contributed by atoms with Crippen LogP contribution in [0.4, 0.5) is 11.5 Å². The third-order valence-electron chi connectivity index (χ3n) is 4.41. The molecule has 0 spiro atoms. The van der Waals surface area contributed by atoms with Gasteiger partial charge in [0.15, 0.2) is 0 Å². The van der Waals surface area contributed by atoms with E-state index in [0.717, 1.165) is 31.6 Å². The molecule has 110 valence electrons. The van der Waals surface area contributed by atoms with Crippen LogP contribution >= 0.6 is 0 Å². The molecule has 0 aromatic carbocycles. The molecule has 2 fully saturated rings. The number of hydrogen-bond donors (Lipinski definition) is 2. The lowest BCUT2D eigenvalue weighted by atomic mass is 9.92. The molecule has 0 amide bonds. The maximum atomic E-state index is 10.9. The number of rotatable bonds is 4. The normalized spacial score (nSPS) is 27.1. The first-order valence-corrected chi connectivity index (χ1v) is 7.45. The molecule has 1 atom stereocenters. The summed E-state index contributed by atoms with van der Waals surface area (Å²) in [4.78, 5) is 8.67. The molecule has 2 heterocycles. The number of pyridine rings is 1. The van der Waals surface area contributed by atoms with Crippen LogP contribution in [-0.4, -0.2) is 53.3 Å². The van der Waals surface area contributed by atoms with Gasteiger partial charge in [0.1, 0.15) is 5.82 Å². The fraction of sp³-hybridized carbons (Fsp3) is 0.667. The summed E-state index contributed by atoms with van der Waals surface area (Å²) in [6, 6.07) is 4.49. The Hall–Kier alpha value is -1.33. The molecule has 3 rings (SSSR count). The van der Waals surface area contributed by atoms with Gasteiger partial charge in [0, 0.05) is 25.7 Å². The molecule has 20 heavy (non-hydrogen) atoms. The van der Waals surface area contributed by atoms with Crippen molar-refractivity contribution in [2.45, 2.75) is 37.3 Å². The van der Waals surface area contributed by atoms with Gasteiger partial charge >= 0.3 is 0 Å². The molecule has 1 saturated heterocycles. The Balaban J connectivity index is 1.67. The molecule has 5 nitrogen and oxygen atoms in total. The number of β-amino-alcohol motifs (C(OH)–C–C–N with tert-alkyl or cyclic N) is 1. The molecule has 1 aliphatic heterocycles. The van der Waals surface area contributed by atoms with Crippen molar-refractivity contribution in [2.75, 3.05) is 37.3 Å². The number of nitrogen functional groups attached to an aromatic ring is 1. The predicted octanol–water partition coefficient (Wildman–Crippen LogP) is 1.09. The van der Waals surface area contributed by atoms with E-state index < -0.39 is 5.60 Å². The molecule has 0 radical (unpaired) electrons. The van der Waals surface area contributed by atoms with Crippen LogP contribution in [0.25, 0.3) is 0 Å². The van der Waals surface area contributed by atoms with Crippen molar-refractivity contribution in [3.63, 3.8) is 0 Å². The minimum absolute atomic E-state index is 0.537. The van der Waals surface area contributed by atoms with Crippen LogP contribution in [0.1, 0.15) is 25.7 Å². The van der Waals surface area contributed by atoms with E-state index in [2.05, 4.69) is 21.8 Å². The highest BCUT2D eigenvalue weighted by atomic mass is 16.3. The largest absolute Gasteiger partial charge is 0.387 e. The van der Waals surface area contributed by atoms with E-state index in [-0.39, 0.29) is 0 Å².